The second-order valence-corrected chi connectivity index (χ2v) is 8.55. The number of hydrogen-bond donors (Lipinski definition) is 2. The molecule has 28 heavy (non-hydrogen) atoms. The van der Waals surface area contributed by atoms with Gasteiger partial charge in [0.05, 0.1) is 23.8 Å². The van der Waals surface area contributed by atoms with Crippen LogP contribution < -0.4 is 4.74 Å². The molecule has 0 saturated heterocycles. The van der Waals surface area contributed by atoms with E-state index in [1.807, 2.05) is 24.3 Å². The van der Waals surface area contributed by atoms with Crippen molar-refractivity contribution in [3.8, 4) is 27.4 Å². The zero-order valence-electron chi connectivity index (χ0n) is 16.2. The Morgan fingerprint density at radius 1 is 1.00 bits per heavy atom. The summed E-state index contributed by atoms with van der Waals surface area (Å²) in [5.41, 5.74) is 3.22. The van der Waals surface area contributed by atoms with Crippen molar-refractivity contribution >= 4 is 11.3 Å². The molecule has 1 aliphatic carbocycles. The predicted molar refractivity (Wildman–Crippen MR) is 113 cm³/mol. The third-order valence-electron chi connectivity index (χ3n) is 5.48. The summed E-state index contributed by atoms with van der Waals surface area (Å²) in [6, 6.07) is 16.3. The predicted octanol–water partition coefficient (Wildman–Crippen LogP) is 4.92. The summed E-state index contributed by atoms with van der Waals surface area (Å²) in [5.74, 6) is 0.802. The van der Waals surface area contributed by atoms with Crippen LogP contribution >= 0.6 is 11.3 Å². The molecule has 5 heteroatoms. The monoisotopic (exact) mass is 395 g/mol. The van der Waals surface area contributed by atoms with Gasteiger partial charge in [0, 0.05) is 5.56 Å². The maximum Gasteiger partial charge on any atom is 0.126 e. The molecule has 1 heterocycles. The largest absolute Gasteiger partial charge is 0.497 e. The van der Waals surface area contributed by atoms with Crippen LogP contribution in [0.2, 0.25) is 0 Å². The van der Waals surface area contributed by atoms with E-state index in [9.17, 15) is 10.2 Å². The smallest absolute Gasteiger partial charge is 0.126 e. The topological polar surface area (TPSA) is 62.6 Å². The van der Waals surface area contributed by atoms with Crippen molar-refractivity contribution in [1.29, 1.82) is 0 Å². The SMILES string of the molecule is COc1ccc(-c2nc(C3(O)CCC(O)CC3)sc2-c2ccc(C)cc2)cc1. The number of aliphatic hydroxyl groups is 2. The molecule has 0 aliphatic heterocycles. The summed E-state index contributed by atoms with van der Waals surface area (Å²) >= 11 is 1.56. The quantitative estimate of drug-likeness (QED) is 0.658. The van der Waals surface area contributed by atoms with Crippen molar-refractivity contribution in [1.82, 2.24) is 4.98 Å². The van der Waals surface area contributed by atoms with E-state index in [1.54, 1.807) is 18.4 Å². The molecular formula is C23H25NO3S. The van der Waals surface area contributed by atoms with E-state index in [-0.39, 0.29) is 6.10 Å². The maximum absolute atomic E-state index is 11.2. The molecule has 0 atom stereocenters. The minimum atomic E-state index is -0.964. The maximum atomic E-state index is 11.2. The number of hydrogen-bond acceptors (Lipinski definition) is 5. The number of ether oxygens (including phenoxy) is 1. The van der Waals surface area contributed by atoms with Crippen LogP contribution in [0.4, 0.5) is 0 Å². The number of nitrogens with zero attached hydrogens (tertiary/aromatic N) is 1. The van der Waals surface area contributed by atoms with Crippen molar-refractivity contribution < 1.29 is 14.9 Å². The highest BCUT2D eigenvalue weighted by Crippen LogP contribution is 2.45. The van der Waals surface area contributed by atoms with Crippen LogP contribution in [-0.4, -0.2) is 28.4 Å². The van der Waals surface area contributed by atoms with Gasteiger partial charge in [-0.3, -0.25) is 0 Å². The van der Waals surface area contributed by atoms with E-state index in [1.165, 1.54) is 5.56 Å². The lowest BCUT2D eigenvalue weighted by Crippen LogP contribution is -2.33. The van der Waals surface area contributed by atoms with Crippen molar-refractivity contribution in [2.24, 2.45) is 0 Å². The molecular weight excluding hydrogens is 370 g/mol. The third kappa shape index (κ3) is 3.70. The van der Waals surface area contributed by atoms with Gasteiger partial charge in [-0.25, -0.2) is 4.98 Å². The summed E-state index contributed by atoms with van der Waals surface area (Å²) in [6.07, 6.45) is 1.97. The first kappa shape index (κ1) is 19.1. The fourth-order valence-corrected chi connectivity index (χ4v) is 4.90. The van der Waals surface area contributed by atoms with Crippen molar-refractivity contribution in [3.63, 3.8) is 0 Å². The van der Waals surface area contributed by atoms with Crippen LogP contribution in [0.25, 0.3) is 21.7 Å². The van der Waals surface area contributed by atoms with Gasteiger partial charge in [-0.2, -0.15) is 0 Å². The molecule has 4 nitrogen and oxygen atoms in total. The minimum absolute atomic E-state index is 0.321. The Bertz CT molecular complexity index is 939. The van der Waals surface area contributed by atoms with Gasteiger partial charge in [0.15, 0.2) is 0 Å². The summed E-state index contributed by atoms with van der Waals surface area (Å²) in [6.45, 7) is 2.07. The second kappa shape index (κ2) is 7.66. The first-order valence-corrected chi connectivity index (χ1v) is 10.4. The van der Waals surface area contributed by atoms with Crippen LogP contribution in [0.5, 0.6) is 5.75 Å². The summed E-state index contributed by atoms with van der Waals surface area (Å²) in [5, 5.41) is 21.8. The molecule has 2 aromatic carbocycles. The molecule has 1 aliphatic rings. The van der Waals surface area contributed by atoms with Crippen LogP contribution in [0.3, 0.4) is 0 Å². The van der Waals surface area contributed by atoms with E-state index >= 15 is 0 Å². The summed E-state index contributed by atoms with van der Waals surface area (Å²) in [4.78, 5) is 5.96. The van der Waals surface area contributed by atoms with Crippen LogP contribution in [0, 0.1) is 6.92 Å². The van der Waals surface area contributed by atoms with E-state index in [2.05, 4.69) is 31.2 Å². The van der Waals surface area contributed by atoms with Gasteiger partial charge in [0.1, 0.15) is 16.4 Å². The van der Waals surface area contributed by atoms with E-state index in [4.69, 9.17) is 9.72 Å². The number of benzene rings is 2. The van der Waals surface area contributed by atoms with Crippen molar-refractivity contribution in [2.75, 3.05) is 7.11 Å². The number of aryl methyl sites for hydroxylation is 1. The molecule has 146 valence electrons. The average Bonchev–Trinajstić information content (AvgIpc) is 3.17. The molecule has 0 spiro atoms. The van der Waals surface area contributed by atoms with Gasteiger partial charge in [-0.15, -0.1) is 11.3 Å². The number of methoxy groups -OCH3 is 1. The van der Waals surface area contributed by atoms with Crippen molar-refractivity contribution in [3.05, 3.63) is 59.1 Å². The Labute approximate surface area is 169 Å². The highest BCUT2D eigenvalue weighted by molar-refractivity contribution is 7.15. The number of aromatic nitrogens is 1. The van der Waals surface area contributed by atoms with Crippen molar-refractivity contribution in [2.45, 2.75) is 44.3 Å². The Balaban J connectivity index is 1.80. The molecule has 1 fully saturated rings. The summed E-state index contributed by atoms with van der Waals surface area (Å²) in [7, 11) is 1.65. The fraction of sp³-hybridized carbons (Fsp3) is 0.348. The molecule has 0 radical (unpaired) electrons. The number of thiazole rings is 1. The minimum Gasteiger partial charge on any atom is -0.497 e. The Hall–Kier alpha value is -2.21. The van der Waals surface area contributed by atoms with Crippen LogP contribution in [0.1, 0.15) is 36.3 Å². The van der Waals surface area contributed by atoms with E-state index < -0.39 is 5.60 Å². The molecule has 0 unspecified atom stereocenters. The van der Waals surface area contributed by atoms with Crippen LogP contribution in [-0.2, 0) is 5.60 Å². The lowest BCUT2D eigenvalue weighted by Gasteiger charge is -2.32. The van der Waals surface area contributed by atoms with E-state index in [0.29, 0.717) is 25.7 Å². The number of aliphatic hydroxyl groups excluding tert-OH is 1. The lowest BCUT2D eigenvalue weighted by molar-refractivity contribution is -0.0361. The molecule has 4 rings (SSSR count). The normalized spacial score (nSPS) is 22.2. The van der Waals surface area contributed by atoms with Gasteiger partial charge in [-0.1, -0.05) is 29.8 Å². The molecule has 0 bridgehead atoms. The first-order chi connectivity index (χ1) is 13.5. The highest BCUT2D eigenvalue weighted by atomic mass is 32.1. The first-order valence-electron chi connectivity index (χ1n) is 9.62. The molecule has 2 N–H and O–H groups in total. The molecule has 1 saturated carbocycles. The highest BCUT2D eigenvalue weighted by Gasteiger charge is 2.38. The molecule has 3 aromatic rings. The van der Waals surface area contributed by atoms with Gasteiger partial charge in [-0.05, 0) is 62.4 Å². The molecule has 0 amide bonds. The Morgan fingerprint density at radius 3 is 2.21 bits per heavy atom. The number of rotatable bonds is 4. The van der Waals surface area contributed by atoms with Gasteiger partial charge in [0.2, 0.25) is 0 Å². The molecule has 1 aromatic heterocycles. The van der Waals surface area contributed by atoms with Gasteiger partial charge >= 0.3 is 0 Å². The van der Waals surface area contributed by atoms with Gasteiger partial charge in [0.25, 0.3) is 0 Å². The Morgan fingerprint density at radius 2 is 1.61 bits per heavy atom. The fourth-order valence-electron chi connectivity index (χ4n) is 3.66. The van der Waals surface area contributed by atoms with Crippen LogP contribution in [0.15, 0.2) is 48.5 Å². The average molecular weight is 396 g/mol. The summed E-state index contributed by atoms with van der Waals surface area (Å²) < 4.78 is 5.28. The Kier molecular flexibility index (Phi) is 5.23. The lowest BCUT2D eigenvalue weighted by atomic mass is 9.84. The second-order valence-electron chi connectivity index (χ2n) is 7.55. The van der Waals surface area contributed by atoms with E-state index in [0.717, 1.165) is 32.5 Å². The van der Waals surface area contributed by atoms with Gasteiger partial charge < -0.3 is 14.9 Å². The zero-order valence-corrected chi connectivity index (χ0v) is 17.0. The third-order valence-corrected chi connectivity index (χ3v) is 6.78. The zero-order chi connectivity index (χ0) is 19.7. The standard InChI is InChI=1S/C23H25NO3S/c1-15-3-5-17(6-4-15)21-20(16-7-9-19(27-2)10-8-16)24-22(28-21)23(26)13-11-18(25)12-14-23/h3-10,18,25-26H,11-14H2,1-2H3.